The van der Waals surface area contributed by atoms with Crippen molar-refractivity contribution in [2.45, 2.75) is 12.7 Å². The zero-order valence-electron chi connectivity index (χ0n) is 15.0. The Morgan fingerprint density at radius 2 is 1.93 bits per heavy atom. The summed E-state index contributed by atoms with van der Waals surface area (Å²) in [5, 5.41) is 7.55. The molecule has 2 amide bonds. The molecule has 0 spiro atoms. The first kappa shape index (κ1) is 21.2. The van der Waals surface area contributed by atoms with E-state index in [4.69, 9.17) is 16.3 Å². The quantitative estimate of drug-likeness (QED) is 0.458. The Morgan fingerprint density at radius 1 is 1.23 bits per heavy atom. The van der Waals surface area contributed by atoms with Gasteiger partial charge in [-0.1, -0.05) is 11.6 Å². The Kier molecular flexibility index (Phi) is 6.01. The van der Waals surface area contributed by atoms with E-state index in [-0.39, 0.29) is 34.6 Å². The third-order valence-corrected chi connectivity index (χ3v) is 3.92. The highest BCUT2D eigenvalue weighted by Gasteiger charge is 2.33. The Bertz CT molecular complexity index is 1040. The number of hydrogen-bond acceptors (Lipinski definition) is 6. The number of halogens is 5. The largest absolute Gasteiger partial charge is 0.467 e. The molecule has 0 saturated carbocycles. The highest BCUT2D eigenvalue weighted by Crippen LogP contribution is 2.28. The number of pyridine rings is 1. The minimum Gasteiger partial charge on any atom is -0.467 e. The predicted octanol–water partition coefficient (Wildman–Crippen LogP) is 3.65. The molecule has 0 aliphatic rings. The predicted molar refractivity (Wildman–Crippen MR) is 96.6 cm³/mol. The number of ether oxygens (including phenoxy) is 1. The van der Waals surface area contributed by atoms with E-state index in [0.717, 1.165) is 23.2 Å². The van der Waals surface area contributed by atoms with Gasteiger partial charge in [0, 0.05) is 0 Å². The molecule has 0 radical (unpaired) electrons. The highest BCUT2D eigenvalue weighted by atomic mass is 35.5. The van der Waals surface area contributed by atoms with Gasteiger partial charge in [0.2, 0.25) is 5.95 Å². The van der Waals surface area contributed by atoms with Crippen LogP contribution in [0.4, 0.5) is 33.7 Å². The molecular weight excluding hydrogens is 434 g/mol. The summed E-state index contributed by atoms with van der Waals surface area (Å²) < 4.78 is 56.5. The number of aromatic nitrogens is 5. The van der Waals surface area contributed by atoms with Crippen LogP contribution in [0.15, 0.2) is 30.7 Å². The van der Waals surface area contributed by atoms with Gasteiger partial charge in [-0.05, 0) is 12.1 Å². The first-order valence-electron chi connectivity index (χ1n) is 8.04. The molecule has 0 fully saturated rings. The van der Waals surface area contributed by atoms with Crippen LogP contribution in [0, 0.1) is 5.95 Å². The van der Waals surface area contributed by atoms with E-state index in [1.165, 1.54) is 19.5 Å². The van der Waals surface area contributed by atoms with Crippen LogP contribution in [0.3, 0.4) is 0 Å². The molecule has 9 nitrogen and oxygen atoms in total. The molecule has 158 valence electrons. The fourth-order valence-corrected chi connectivity index (χ4v) is 2.43. The van der Waals surface area contributed by atoms with Crippen LogP contribution in [0.2, 0.25) is 5.02 Å². The summed E-state index contributed by atoms with van der Waals surface area (Å²) in [6, 6.07) is 1.11. The summed E-state index contributed by atoms with van der Waals surface area (Å²) in [7, 11) is 1.34. The maximum atomic E-state index is 13.2. The van der Waals surface area contributed by atoms with E-state index in [2.05, 4.69) is 25.4 Å². The van der Waals surface area contributed by atoms with Gasteiger partial charge in [0.15, 0.2) is 0 Å². The van der Waals surface area contributed by atoms with Crippen LogP contribution in [-0.4, -0.2) is 38.3 Å². The van der Waals surface area contributed by atoms with E-state index >= 15 is 0 Å². The average Bonchev–Trinajstić information content (AvgIpc) is 3.18. The lowest BCUT2D eigenvalue weighted by Gasteiger charge is -2.21. The van der Waals surface area contributed by atoms with Crippen molar-refractivity contribution in [3.63, 3.8) is 0 Å². The first-order valence-corrected chi connectivity index (χ1v) is 8.42. The number of aromatic amines is 1. The van der Waals surface area contributed by atoms with Gasteiger partial charge >= 0.3 is 18.2 Å². The lowest BCUT2D eigenvalue weighted by atomic mass is 10.3. The Hall–Kier alpha value is -3.48. The molecule has 0 bridgehead atoms. The molecule has 14 heteroatoms. The van der Waals surface area contributed by atoms with Crippen LogP contribution in [0.5, 0.6) is 6.01 Å². The van der Waals surface area contributed by atoms with Crippen molar-refractivity contribution >= 4 is 29.0 Å². The van der Waals surface area contributed by atoms with Crippen molar-refractivity contribution in [1.29, 1.82) is 0 Å². The zero-order chi connectivity index (χ0) is 21.9. The maximum absolute atomic E-state index is 13.2. The van der Waals surface area contributed by atoms with Crippen LogP contribution in [0.1, 0.15) is 11.4 Å². The molecule has 0 unspecified atom stereocenters. The van der Waals surface area contributed by atoms with Gasteiger partial charge in [-0.25, -0.2) is 19.7 Å². The van der Waals surface area contributed by atoms with Crippen molar-refractivity contribution in [3.05, 3.63) is 53.1 Å². The number of anilines is 2. The second kappa shape index (κ2) is 8.49. The van der Waals surface area contributed by atoms with Gasteiger partial charge in [0.05, 0.1) is 54.3 Å². The number of carbonyl (C=O) groups excluding carboxylic acids is 1. The Labute approximate surface area is 171 Å². The minimum atomic E-state index is -4.63. The second-order valence-electron chi connectivity index (χ2n) is 5.71. The van der Waals surface area contributed by atoms with Crippen LogP contribution in [-0.2, 0) is 12.7 Å². The van der Waals surface area contributed by atoms with E-state index in [9.17, 15) is 22.4 Å². The molecule has 2 N–H and O–H groups in total. The van der Waals surface area contributed by atoms with Crippen molar-refractivity contribution in [2.24, 2.45) is 0 Å². The SMILES string of the molecule is COc1ncc(N(Cc2cc(C(F)(F)F)[nH]n2)C(=O)Nc2cnc(F)c(Cl)c2)cn1. The summed E-state index contributed by atoms with van der Waals surface area (Å²) in [4.78, 5) is 24.9. The fraction of sp³-hybridized carbons (Fsp3) is 0.188. The number of rotatable bonds is 5. The maximum Gasteiger partial charge on any atom is 0.432 e. The topological polar surface area (TPSA) is 109 Å². The average molecular weight is 446 g/mol. The molecule has 0 aliphatic heterocycles. The number of urea groups is 1. The molecule has 0 atom stereocenters. The second-order valence-corrected chi connectivity index (χ2v) is 6.12. The number of amides is 2. The number of nitrogens with one attached hydrogen (secondary N) is 2. The molecule has 3 aromatic heterocycles. The molecule has 0 aromatic carbocycles. The molecule has 0 aliphatic carbocycles. The van der Waals surface area contributed by atoms with Gasteiger partial charge in [-0.15, -0.1) is 0 Å². The van der Waals surface area contributed by atoms with Crippen LogP contribution in [0.25, 0.3) is 0 Å². The van der Waals surface area contributed by atoms with Gasteiger partial charge in [-0.2, -0.15) is 22.7 Å². The summed E-state index contributed by atoms with van der Waals surface area (Å²) in [6.07, 6.45) is -1.13. The summed E-state index contributed by atoms with van der Waals surface area (Å²) in [5.74, 6) is -0.925. The van der Waals surface area contributed by atoms with Gasteiger partial charge in [0.25, 0.3) is 0 Å². The van der Waals surface area contributed by atoms with Crippen molar-refractivity contribution < 1.29 is 27.1 Å². The molecule has 3 rings (SSSR count). The number of hydrogen-bond donors (Lipinski definition) is 2. The zero-order valence-corrected chi connectivity index (χ0v) is 15.8. The van der Waals surface area contributed by atoms with Gasteiger partial charge in [0.1, 0.15) is 5.69 Å². The number of carbonyl (C=O) groups is 1. The third kappa shape index (κ3) is 4.92. The molecular formula is C16H12ClF4N7O2. The standard InChI is InChI=1S/C16H12ClF4N7O2/c1-30-14-23-5-10(6-24-14)28(7-9-3-12(27-26-9)16(19,20)21)15(29)25-8-2-11(17)13(18)22-4-8/h2-6H,7H2,1H3,(H,25,29)(H,26,27). The minimum absolute atomic E-state index is 0.0211. The molecule has 3 aromatic rings. The number of H-pyrrole nitrogens is 1. The fourth-order valence-electron chi connectivity index (χ4n) is 2.27. The molecule has 0 saturated heterocycles. The third-order valence-electron chi connectivity index (χ3n) is 3.66. The van der Waals surface area contributed by atoms with Crippen molar-refractivity contribution in [3.8, 4) is 6.01 Å². The highest BCUT2D eigenvalue weighted by molar-refractivity contribution is 6.30. The van der Waals surface area contributed by atoms with E-state index < -0.39 is 23.8 Å². The summed E-state index contributed by atoms with van der Waals surface area (Å²) >= 11 is 5.65. The summed E-state index contributed by atoms with van der Waals surface area (Å²) in [6.45, 7) is -0.365. The van der Waals surface area contributed by atoms with Gasteiger partial charge in [-0.3, -0.25) is 10.00 Å². The van der Waals surface area contributed by atoms with Crippen LogP contribution < -0.4 is 15.0 Å². The van der Waals surface area contributed by atoms with E-state index in [1.54, 1.807) is 0 Å². The number of nitrogens with zero attached hydrogens (tertiary/aromatic N) is 5. The first-order chi connectivity index (χ1) is 14.2. The lowest BCUT2D eigenvalue weighted by molar-refractivity contribution is -0.141. The Morgan fingerprint density at radius 3 is 2.50 bits per heavy atom. The lowest BCUT2D eigenvalue weighted by Crippen LogP contribution is -2.35. The summed E-state index contributed by atoms with van der Waals surface area (Å²) in [5.41, 5.74) is -0.961. The monoisotopic (exact) mass is 445 g/mol. The molecule has 30 heavy (non-hydrogen) atoms. The molecule has 3 heterocycles. The van der Waals surface area contributed by atoms with Crippen molar-refractivity contribution in [1.82, 2.24) is 25.1 Å². The van der Waals surface area contributed by atoms with E-state index in [1.807, 2.05) is 5.10 Å². The van der Waals surface area contributed by atoms with Crippen molar-refractivity contribution in [2.75, 3.05) is 17.3 Å². The Balaban J connectivity index is 1.88. The smallest absolute Gasteiger partial charge is 0.432 e. The van der Waals surface area contributed by atoms with E-state index in [0.29, 0.717) is 0 Å². The number of alkyl halides is 3. The van der Waals surface area contributed by atoms with Gasteiger partial charge < -0.3 is 10.1 Å². The number of methoxy groups -OCH3 is 1. The normalized spacial score (nSPS) is 11.3. The van der Waals surface area contributed by atoms with Crippen LogP contribution >= 0.6 is 11.6 Å².